The summed E-state index contributed by atoms with van der Waals surface area (Å²) in [5.74, 6) is 1.10. The van der Waals surface area contributed by atoms with Crippen LogP contribution < -0.4 is 0 Å². The molecule has 7 heteroatoms. The molecule has 3 aromatic heterocycles. The van der Waals surface area contributed by atoms with Crippen LogP contribution in [0.5, 0.6) is 0 Å². The molecule has 0 amide bonds. The van der Waals surface area contributed by atoms with Crippen molar-refractivity contribution in [2.75, 3.05) is 20.2 Å². The van der Waals surface area contributed by atoms with E-state index in [1.165, 1.54) is 18.1 Å². The minimum Gasteiger partial charge on any atom is -0.465 e. The number of hydrogen-bond acceptors (Lipinski definition) is 6. The molecule has 1 aliphatic heterocycles. The number of ether oxygens (including phenoxy) is 1. The van der Waals surface area contributed by atoms with Crippen molar-refractivity contribution in [1.29, 1.82) is 0 Å². The lowest BCUT2D eigenvalue weighted by molar-refractivity contribution is 0.0600. The zero-order valence-corrected chi connectivity index (χ0v) is 18.7. The molecule has 1 aromatic carbocycles. The Morgan fingerprint density at radius 3 is 2.45 bits per heavy atom. The fraction of sp³-hybridized carbons (Fsp3) is 0.308. The smallest absolute Gasteiger partial charge is 0.337 e. The quantitative estimate of drug-likeness (QED) is 0.421. The summed E-state index contributed by atoms with van der Waals surface area (Å²) in [6.45, 7) is 3.60. The van der Waals surface area contributed by atoms with Gasteiger partial charge in [-0.15, -0.1) is 0 Å². The van der Waals surface area contributed by atoms with Crippen LogP contribution in [0, 0.1) is 0 Å². The van der Waals surface area contributed by atoms with Crippen LogP contribution in [0.1, 0.15) is 46.1 Å². The normalized spacial score (nSPS) is 15.1. The first kappa shape index (κ1) is 21.3. The van der Waals surface area contributed by atoms with Crippen LogP contribution in [0.15, 0.2) is 67.3 Å². The van der Waals surface area contributed by atoms with Gasteiger partial charge in [-0.3, -0.25) is 4.90 Å². The Labute approximate surface area is 193 Å². The molecule has 0 unspecified atom stereocenters. The third-order valence-electron chi connectivity index (χ3n) is 6.44. The van der Waals surface area contributed by atoms with E-state index in [1.807, 2.05) is 24.4 Å². The number of piperidine rings is 1. The van der Waals surface area contributed by atoms with Crippen molar-refractivity contribution in [3.05, 3.63) is 89.8 Å². The second-order valence-electron chi connectivity index (χ2n) is 8.49. The number of carbonyl (C=O) groups excluding carboxylic acids is 1. The average molecular weight is 442 g/mol. The molecule has 7 nitrogen and oxygen atoms in total. The average Bonchev–Trinajstić information content (AvgIpc) is 3.28. The van der Waals surface area contributed by atoms with Crippen LogP contribution in [0.2, 0.25) is 0 Å². The number of hydrogen-bond donors (Lipinski definition) is 0. The molecule has 0 atom stereocenters. The number of fused-ring (bicyclic) bond motifs is 1. The molecule has 1 fully saturated rings. The van der Waals surface area contributed by atoms with Crippen LogP contribution in [-0.2, 0) is 17.8 Å². The highest BCUT2D eigenvalue weighted by Crippen LogP contribution is 2.33. The predicted molar refractivity (Wildman–Crippen MR) is 126 cm³/mol. The molecule has 168 valence electrons. The minimum atomic E-state index is -0.318. The predicted octanol–water partition coefficient (Wildman–Crippen LogP) is 4.04. The number of rotatable bonds is 6. The Morgan fingerprint density at radius 2 is 1.73 bits per heavy atom. The van der Waals surface area contributed by atoms with Crippen molar-refractivity contribution in [3.63, 3.8) is 0 Å². The maximum atomic E-state index is 11.7. The van der Waals surface area contributed by atoms with Crippen molar-refractivity contribution >= 4 is 17.0 Å². The van der Waals surface area contributed by atoms with E-state index in [2.05, 4.69) is 42.7 Å². The number of pyridine rings is 1. The summed E-state index contributed by atoms with van der Waals surface area (Å²) < 4.78 is 6.96. The van der Waals surface area contributed by atoms with Gasteiger partial charge in [0.2, 0.25) is 0 Å². The molecule has 4 heterocycles. The second-order valence-corrected chi connectivity index (χ2v) is 8.49. The number of aromatic nitrogens is 4. The third kappa shape index (κ3) is 4.64. The highest BCUT2D eigenvalue weighted by atomic mass is 16.5. The zero-order valence-electron chi connectivity index (χ0n) is 18.7. The summed E-state index contributed by atoms with van der Waals surface area (Å²) in [6.07, 6.45) is 9.88. The highest BCUT2D eigenvalue weighted by molar-refractivity contribution is 5.89. The van der Waals surface area contributed by atoms with Gasteiger partial charge in [-0.05, 0) is 73.3 Å². The Balaban J connectivity index is 1.28. The molecule has 33 heavy (non-hydrogen) atoms. The molecule has 0 radical (unpaired) electrons. The van der Waals surface area contributed by atoms with Gasteiger partial charge in [-0.25, -0.2) is 19.7 Å². The second kappa shape index (κ2) is 9.50. The molecule has 0 aliphatic carbocycles. The van der Waals surface area contributed by atoms with E-state index in [4.69, 9.17) is 4.74 Å². The third-order valence-corrected chi connectivity index (χ3v) is 6.44. The molecule has 1 saturated heterocycles. The van der Waals surface area contributed by atoms with Crippen LogP contribution in [0.25, 0.3) is 11.0 Å². The molecular formula is C26H27N5O2. The largest absolute Gasteiger partial charge is 0.465 e. The number of nitrogens with zero attached hydrogens (tertiary/aromatic N) is 5. The van der Waals surface area contributed by atoms with Gasteiger partial charge in [0.1, 0.15) is 11.5 Å². The van der Waals surface area contributed by atoms with Gasteiger partial charge < -0.3 is 9.30 Å². The maximum absolute atomic E-state index is 11.7. The lowest BCUT2D eigenvalue weighted by atomic mass is 9.88. The van der Waals surface area contributed by atoms with E-state index in [1.54, 1.807) is 24.5 Å². The minimum absolute atomic E-state index is 0.318. The Kier molecular flexibility index (Phi) is 6.13. The van der Waals surface area contributed by atoms with E-state index in [9.17, 15) is 4.79 Å². The van der Waals surface area contributed by atoms with Gasteiger partial charge in [-0.2, -0.15) is 0 Å². The van der Waals surface area contributed by atoms with Crippen LogP contribution in [0.3, 0.4) is 0 Å². The van der Waals surface area contributed by atoms with Gasteiger partial charge in [-0.1, -0.05) is 12.1 Å². The van der Waals surface area contributed by atoms with Gasteiger partial charge >= 0.3 is 5.97 Å². The van der Waals surface area contributed by atoms with E-state index >= 15 is 0 Å². The molecule has 5 rings (SSSR count). The maximum Gasteiger partial charge on any atom is 0.337 e. The molecule has 0 bridgehead atoms. The van der Waals surface area contributed by atoms with Crippen LogP contribution >= 0.6 is 0 Å². The molecule has 0 N–H and O–H groups in total. The number of esters is 1. The van der Waals surface area contributed by atoms with E-state index in [-0.39, 0.29) is 5.97 Å². The lowest BCUT2D eigenvalue weighted by Crippen LogP contribution is -2.33. The van der Waals surface area contributed by atoms with Crippen molar-refractivity contribution < 1.29 is 9.53 Å². The van der Waals surface area contributed by atoms with E-state index in [0.717, 1.165) is 49.5 Å². The molecular weight excluding hydrogens is 414 g/mol. The van der Waals surface area contributed by atoms with E-state index in [0.29, 0.717) is 18.0 Å². The standard InChI is InChI=1S/C26H27N5O2/c1-33-26(32)21-5-3-19(4-6-21)17-31-16-10-23-22(7-13-29-25(23)31)20-8-14-30(15-9-20)18-24-27-11-2-12-28-24/h2-7,10-13,16,20H,8-9,14-15,17-18H2,1H3. The summed E-state index contributed by atoms with van der Waals surface area (Å²) in [5, 5.41) is 1.23. The summed E-state index contributed by atoms with van der Waals surface area (Å²) in [7, 11) is 1.40. The first-order valence-corrected chi connectivity index (χ1v) is 11.3. The van der Waals surface area contributed by atoms with Crippen molar-refractivity contribution in [2.45, 2.75) is 31.8 Å². The van der Waals surface area contributed by atoms with Crippen molar-refractivity contribution in [3.8, 4) is 0 Å². The molecule has 0 spiro atoms. The van der Waals surface area contributed by atoms with Gasteiger partial charge in [0.05, 0.1) is 19.2 Å². The van der Waals surface area contributed by atoms with Crippen LogP contribution in [0.4, 0.5) is 0 Å². The van der Waals surface area contributed by atoms with Gasteiger partial charge in [0.25, 0.3) is 0 Å². The van der Waals surface area contributed by atoms with Crippen molar-refractivity contribution in [2.24, 2.45) is 0 Å². The zero-order chi connectivity index (χ0) is 22.6. The van der Waals surface area contributed by atoms with Gasteiger partial charge in [0.15, 0.2) is 0 Å². The Bertz CT molecular complexity index is 1230. The monoisotopic (exact) mass is 441 g/mol. The van der Waals surface area contributed by atoms with Gasteiger partial charge in [0, 0.05) is 36.7 Å². The van der Waals surface area contributed by atoms with Crippen LogP contribution in [-0.4, -0.2) is 50.6 Å². The highest BCUT2D eigenvalue weighted by Gasteiger charge is 2.23. The number of methoxy groups -OCH3 is 1. The number of likely N-dealkylation sites (tertiary alicyclic amines) is 1. The van der Waals surface area contributed by atoms with E-state index < -0.39 is 0 Å². The number of benzene rings is 1. The SMILES string of the molecule is COC(=O)c1ccc(Cn2ccc3c(C4CCN(Cc5ncccn5)CC4)ccnc32)cc1. The topological polar surface area (TPSA) is 73.1 Å². The first-order chi connectivity index (χ1) is 16.2. The fourth-order valence-corrected chi connectivity index (χ4v) is 4.67. The van der Waals surface area contributed by atoms with Crippen molar-refractivity contribution in [1.82, 2.24) is 24.4 Å². The summed E-state index contributed by atoms with van der Waals surface area (Å²) in [6, 6.07) is 13.8. The Hall–Kier alpha value is -3.58. The summed E-state index contributed by atoms with van der Waals surface area (Å²) in [5.41, 5.74) is 4.06. The first-order valence-electron chi connectivity index (χ1n) is 11.3. The molecule has 0 saturated carbocycles. The summed E-state index contributed by atoms with van der Waals surface area (Å²) >= 11 is 0. The Morgan fingerprint density at radius 1 is 0.970 bits per heavy atom. The number of carbonyl (C=O) groups is 1. The lowest BCUT2D eigenvalue weighted by Gasteiger charge is -2.31. The summed E-state index contributed by atoms with van der Waals surface area (Å²) in [4.78, 5) is 27.5. The fourth-order valence-electron chi connectivity index (χ4n) is 4.67. The molecule has 4 aromatic rings. The molecule has 1 aliphatic rings.